The van der Waals surface area contributed by atoms with Gasteiger partial charge in [-0.15, -0.1) is 0 Å². The van der Waals surface area contributed by atoms with Crippen LogP contribution in [0, 0.1) is 11.8 Å². The summed E-state index contributed by atoms with van der Waals surface area (Å²) < 4.78 is 10.6. The molecule has 1 heterocycles. The van der Waals surface area contributed by atoms with Gasteiger partial charge in [0.25, 0.3) is 5.91 Å². The van der Waals surface area contributed by atoms with E-state index in [9.17, 15) is 4.79 Å². The number of nitrogens with zero attached hydrogens (tertiary/aromatic N) is 1. The quantitative estimate of drug-likeness (QED) is 0.632. The van der Waals surface area contributed by atoms with E-state index >= 15 is 0 Å². The third-order valence-corrected chi connectivity index (χ3v) is 5.48. The molecule has 0 aliphatic carbocycles. The number of hydrogen-bond donors (Lipinski definition) is 1. The van der Waals surface area contributed by atoms with Crippen LogP contribution in [-0.2, 0) is 17.8 Å². The van der Waals surface area contributed by atoms with Crippen LogP contribution in [0.1, 0.15) is 41.8 Å². The van der Waals surface area contributed by atoms with E-state index in [1.165, 1.54) is 25.1 Å². The van der Waals surface area contributed by atoms with Gasteiger partial charge in [0.2, 0.25) is 0 Å². The van der Waals surface area contributed by atoms with Crippen LogP contribution in [0.5, 0.6) is 5.75 Å². The lowest BCUT2D eigenvalue weighted by atomic mass is 9.91. The molecule has 1 saturated heterocycles. The van der Waals surface area contributed by atoms with Crippen molar-refractivity contribution in [1.29, 1.82) is 0 Å². The average molecular weight is 411 g/mol. The first kappa shape index (κ1) is 22.3. The Morgan fingerprint density at radius 2 is 1.73 bits per heavy atom. The molecule has 2 aromatic rings. The lowest BCUT2D eigenvalue weighted by Gasteiger charge is -2.35. The van der Waals surface area contributed by atoms with Crippen LogP contribution in [0.15, 0.2) is 48.5 Å². The molecule has 3 rings (SSSR count). The number of benzene rings is 2. The van der Waals surface area contributed by atoms with Crippen LogP contribution >= 0.6 is 0 Å². The molecule has 2 aromatic carbocycles. The second-order valence-corrected chi connectivity index (χ2v) is 8.51. The monoisotopic (exact) mass is 410 g/mol. The number of carbonyl (C=O) groups excluding carboxylic acids is 1. The average Bonchev–Trinajstić information content (AvgIpc) is 2.73. The van der Waals surface area contributed by atoms with Crippen LogP contribution in [0.4, 0.5) is 0 Å². The summed E-state index contributed by atoms with van der Waals surface area (Å²) in [6.07, 6.45) is 1.33. The standard InChI is InChI=1S/C25H34N2O3/c1-19-13-20(2)17-27(16-19)18-22-9-7-21(8-10-22)15-26-25(28)23-5-4-6-24(14-23)30-12-11-29-3/h4-10,14,19-20H,11-13,15-18H2,1-3H3,(H,26,28). The summed E-state index contributed by atoms with van der Waals surface area (Å²) in [5.74, 6) is 2.11. The Bertz CT molecular complexity index is 796. The lowest BCUT2D eigenvalue weighted by Crippen LogP contribution is -2.38. The van der Waals surface area contributed by atoms with Crippen molar-refractivity contribution in [2.75, 3.05) is 33.4 Å². The van der Waals surface area contributed by atoms with Crippen molar-refractivity contribution in [1.82, 2.24) is 10.2 Å². The molecule has 5 nitrogen and oxygen atoms in total. The molecule has 1 N–H and O–H groups in total. The summed E-state index contributed by atoms with van der Waals surface area (Å²) in [5, 5.41) is 2.99. The number of amides is 1. The maximum Gasteiger partial charge on any atom is 0.251 e. The Labute approximate surface area is 180 Å². The van der Waals surface area contributed by atoms with Crippen molar-refractivity contribution in [2.45, 2.75) is 33.4 Å². The highest BCUT2D eigenvalue weighted by Gasteiger charge is 2.21. The van der Waals surface area contributed by atoms with E-state index in [2.05, 4.69) is 48.3 Å². The smallest absolute Gasteiger partial charge is 0.251 e. The Kier molecular flexibility index (Phi) is 8.29. The van der Waals surface area contributed by atoms with Crippen LogP contribution in [-0.4, -0.2) is 44.2 Å². The number of carbonyl (C=O) groups is 1. The van der Waals surface area contributed by atoms with E-state index in [0.29, 0.717) is 31.1 Å². The summed E-state index contributed by atoms with van der Waals surface area (Å²) in [4.78, 5) is 15.0. The molecule has 1 aliphatic rings. The Hall–Kier alpha value is -2.37. The number of methoxy groups -OCH3 is 1. The summed E-state index contributed by atoms with van der Waals surface area (Å²) in [6.45, 7) is 9.52. The number of nitrogens with one attached hydrogen (secondary N) is 1. The molecular weight excluding hydrogens is 376 g/mol. The van der Waals surface area contributed by atoms with E-state index in [1.807, 2.05) is 12.1 Å². The largest absolute Gasteiger partial charge is 0.491 e. The van der Waals surface area contributed by atoms with Gasteiger partial charge in [-0.3, -0.25) is 9.69 Å². The van der Waals surface area contributed by atoms with Crippen LogP contribution in [0.3, 0.4) is 0 Å². The zero-order valence-electron chi connectivity index (χ0n) is 18.4. The second-order valence-electron chi connectivity index (χ2n) is 8.51. The number of likely N-dealkylation sites (tertiary alicyclic amines) is 1. The molecular formula is C25H34N2O3. The molecule has 30 heavy (non-hydrogen) atoms. The molecule has 1 amide bonds. The molecule has 0 aromatic heterocycles. The molecule has 5 heteroatoms. The van der Waals surface area contributed by atoms with Crippen molar-refractivity contribution in [3.05, 3.63) is 65.2 Å². The first-order chi connectivity index (χ1) is 14.5. The predicted octanol–water partition coefficient (Wildman–Crippen LogP) is 4.12. The van der Waals surface area contributed by atoms with E-state index in [4.69, 9.17) is 9.47 Å². The number of rotatable bonds is 9. The van der Waals surface area contributed by atoms with Gasteiger partial charge in [0.05, 0.1) is 6.61 Å². The van der Waals surface area contributed by atoms with E-state index in [0.717, 1.165) is 23.9 Å². The van der Waals surface area contributed by atoms with Gasteiger partial charge in [-0.05, 0) is 47.6 Å². The van der Waals surface area contributed by atoms with E-state index < -0.39 is 0 Å². The first-order valence-electron chi connectivity index (χ1n) is 10.8. The normalized spacial score (nSPS) is 19.4. The fraction of sp³-hybridized carbons (Fsp3) is 0.480. The molecule has 162 valence electrons. The van der Waals surface area contributed by atoms with E-state index in [-0.39, 0.29) is 5.91 Å². The fourth-order valence-corrected chi connectivity index (χ4v) is 4.20. The highest BCUT2D eigenvalue weighted by molar-refractivity contribution is 5.94. The number of piperidine rings is 1. The maximum absolute atomic E-state index is 12.5. The van der Waals surface area contributed by atoms with Crippen molar-refractivity contribution in [3.63, 3.8) is 0 Å². The van der Waals surface area contributed by atoms with Gasteiger partial charge >= 0.3 is 0 Å². The first-order valence-corrected chi connectivity index (χ1v) is 10.8. The van der Waals surface area contributed by atoms with Crippen molar-refractivity contribution in [2.24, 2.45) is 11.8 Å². The summed E-state index contributed by atoms with van der Waals surface area (Å²) in [5.41, 5.74) is 3.02. The van der Waals surface area contributed by atoms with Gasteiger partial charge in [0.1, 0.15) is 12.4 Å². The fourth-order valence-electron chi connectivity index (χ4n) is 4.20. The second kappa shape index (κ2) is 11.1. The molecule has 1 aliphatic heterocycles. The molecule has 0 saturated carbocycles. The minimum atomic E-state index is -0.104. The maximum atomic E-state index is 12.5. The van der Waals surface area contributed by atoms with Gasteiger partial charge in [-0.1, -0.05) is 44.2 Å². The van der Waals surface area contributed by atoms with E-state index in [1.54, 1.807) is 19.2 Å². The third kappa shape index (κ3) is 6.85. The van der Waals surface area contributed by atoms with Crippen LogP contribution < -0.4 is 10.1 Å². The van der Waals surface area contributed by atoms with Crippen molar-refractivity contribution >= 4 is 5.91 Å². The third-order valence-electron chi connectivity index (χ3n) is 5.48. The number of ether oxygens (including phenoxy) is 2. The summed E-state index contributed by atoms with van der Waals surface area (Å²) in [7, 11) is 1.63. The van der Waals surface area contributed by atoms with Crippen molar-refractivity contribution < 1.29 is 14.3 Å². The van der Waals surface area contributed by atoms with Crippen LogP contribution in [0.2, 0.25) is 0 Å². The summed E-state index contributed by atoms with van der Waals surface area (Å²) in [6, 6.07) is 15.8. The Morgan fingerprint density at radius 3 is 2.43 bits per heavy atom. The highest BCUT2D eigenvalue weighted by Crippen LogP contribution is 2.22. The predicted molar refractivity (Wildman–Crippen MR) is 120 cm³/mol. The van der Waals surface area contributed by atoms with Gasteiger partial charge in [0, 0.05) is 38.9 Å². The highest BCUT2D eigenvalue weighted by atomic mass is 16.5. The van der Waals surface area contributed by atoms with Gasteiger partial charge in [-0.2, -0.15) is 0 Å². The van der Waals surface area contributed by atoms with Crippen LogP contribution in [0.25, 0.3) is 0 Å². The zero-order valence-corrected chi connectivity index (χ0v) is 18.4. The minimum absolute atomic E-state index is 0.104. The lowest BCUT2D eigenvalue weighted by molar-refractivity contribution is 0.0950. The van der Waals surface area contributed by atoms with Gasteiger partial charge in [-0.25, -0.2) is 0 Å². The minimum Gasteiger partial charge on any atom is -0.491 e. The molecule has 0 spiro atoms. The topological polar surface area (TPSA) is 50.8 Å². The Balaban J connectivity index is 1.49. The Morgan fingerprint density at radius 1 is 1.03 bits per heavy atom. The molecule has 0 radical (unpaired) electrons. The SMILES string of the molecule is COCCOc1cccc(C(=O)NCc2ccc(CN3CC(C)CC(C)C3)cc2)c1. The number of hydrogen-bond acceptors (Lipinski definition) is 4. The van der Waals surface area contributed by atoms with Crippen molar-refractivity contribution in [3.8, 4) is 5.75 Å². The zero-order chi connectivity index (χ0) is 21.3. The molecule has 1 fully saturated rings. The van der Waals surface area contributed by atoms with Gasteiger partial charge < -0.3 is 14.8 Å². The van der Waals surface area contributed by atoms with Gasteiger partial charge in [0.15, 0.2) is 0 Å². The molecule has 0 bridgehead atoms. The molecule has 2 unspecified atom stereocenters. The summed E-state index contributed by atoms with van der Waals surface area (Å²) >= 11 is 0. The molecule has 2 atom stereocenters.